The Hall–Kier alpha value is -2.30. The van der Waals surface area contributed by atoms with Crippen LogP contribution in [0.4, 0.5) is 5.69 Å². The molecule has 5 nitrogen and oxygen atoms in total. The number of anilines is 1. The van der Waals surface area contributed by atoms with Crippen molar-refractivity contribution in [1.29, 1.82) is 0 Å². The third-order valence-electron chi connectivity index (χ3n) is 4.27. The fraction of sp³-hybridized carbons (Fsp3) is 0.444. The number of rotatable bonds is 6. The van der Waals surface area contributed by atoms with Crippen LogP contribution in [0, 0.1) is 0 Å². The normalized spacial score (nSPS) is 15.3. The molecule has 1 amide bonds. The van der Waals surface area contributed by atoms with Gasteiger partial charge in [-0.2, -0.15) is 5.10 Å². The first-order valence-corrected chi connectivity index (χ1v) is 8.15. The molecule has 0 saturated heterocycles. The van der Waals surface area contributed by atoms with Crippen molar-refractivity contribution in [2.24, 2.45) is 0 Å². The molecule has 23 heavy (non-hydrogen) atoms. The average Bonchev–Trinajstić information content (AvgIpc) is 3.24. The van der Waals surface area contributed by atoms with Crippen LogP contribution in [0.3, 0.4) is 0 Å². The van der Waals surface area contributed by atoms with Gasteiger partial charge in [0, 0.05) is 31.7 Å². The first kappa shape index (κ1) is 15.6. The van der Waals surface area contributed by atoms with E-state index in [0.29, 0.717) is 11.5 Å². The van der Waals surface area contributed by atoms with Crippen LogP contribution in [0.5, 0.6) is 0 Å². The van der Waals surface area contributed by atoms with Crippen molar-refractivity contribution in [2.45, 2.75) is 38.1 Å². The number of hydrogen-bond acceptors (Lipinski definition) is 3. The van der Waals surface area contributed by atoms with E-state index in [-0.39, 0.29) is 11.9 Å². The van der Waals surface area contributed by atoms with E-state index in [1.54, 1.807) is 6.20 Å². The van der Waals surface area contributed by atoms with Crippen LogP contribution >= 0.6 is 0 Å². The molecule has 0 bridgehead atoms. The Balaban J connectivity index is 1.59. The lowest BCUT2D eigenvalue weighted by Crippen LogP contribution is -2.34. The summed E-state index contributed by atoms with van der Waals surface area (Å²) in [7, 11) is 4.06. The third-order valence-corrected chi connectivity index (χ3v) is 4.27. The molecule has 2 N–H and O–H groups in total. The highest BCUT2D eigenvalue weighted by molar-refractivity contribution is 5.95. The standard InChI is InChI=1S/C18H24N4O/c1-12(10-13-4-8-15(9-5-13)22(2)3)20-18(23)16-11-19-21-17(16)14-6-7-14/h4-5,8-9,11-12,14H,6-7,10H2,1-3H3,(H,19,21)(H,20,23)/t12-/m0/s1. The molecule has 0 unspecified atom stereocenters. The van der Waals surface area contributed by atoms with E-state index in [4.69, 9.17) is 0 Å². The predicted molar refractivity (Wildman–Crippen MR) is 92.0 cm³/mol. The molecular formula is C18H24N4O. The number of carbonyl (C=O) groups is 1. The highest BCUT2D eigenvalue weighted by Crippen LogP contribution is 2.40. The van der Waals surface area contributed by atoms with E-state index in [2.05, 4.69) is 44.7 Å². The molecule has 1 saturated carbocycles. The Kier molecular flexibility index (Phi) is 4.37. The summed E-state index contributed by atoms with van der Waals surface area (Å²) in [5.74, 6) is 0.463. The molecule has 1 aliphatic carbocycles. The minimum Gasteiger partial charge on any atom is -0.378 e. The number of benzene rings is 1. The lowest BCUT2D eigenvalue weighted by atomic mass is 10.1. The summed E-state index contributed by atoms with van der Waals surface area (Å²) >= 11 is 0. The van der Waals surface area contributed by atoms with Gasteiger partial charge in [0.15, 0.2) is 0 Å². The molecule has 1 atom stereocenters. The van der Waals surface area contributed by atoms with Crippen LogP contribution < -0.4 is 10.2 Å². The summed E-state index contributed by atoms with van der Waals surface area (Å²) in [6.45, 7) is 2.04. The molecule has 1 aromatic heterocycles. The fourth-order valence-electron chi connectivity index (χ4n) is 2.80. The summed E-state index contributed by atoms with van der Waals surface area (Å²) in [6, 6.07) is 8.52. The van der Waals surface area contributed by atoms with Gasteiger partial charge in [-0.15, -0.1) is 0 Å². The molecule has 122 valence electrons. The van der Waals surface area contributed by atoms with Crippen molar-refractivity contribution in [1.82, 2.24) is 15.5 Å². The van der Waals surface area contributed by atoms with Gasteiger partial charge >= 0.3 is 0 Å². The van der Waals surface area contributed by atoms with Crippen LogP contribution in [0.2, 0.25) is 0 Å². The topological polar surface area (TPSA) is 61.0 Å². The second kappa shape index (κ2) is 6.44. The first-order valence-electron chi connectivity index (χ1n) is 8.15. The second-order valence-corrected chi connectivity index (χ2v) is 6.61. The SMILES string of the molecule is C[C@@H](Cc1ccc(N(C)C)cc1)NC(=O)c1cn[nH]c1C1CC1. The minimum absolute atomic E-state index is 0.0296. The van der Waals surface area contributed by atoms with Gasteiger partial charge in [-0.1, -0.05) is 12.1 Å². The Morgan fingerprint density at radius 3 is 2.65 bits per heavy atom. The van der Waals surface area contributed by atoms with Crippen molar-refractivity contribution in [2.75, 3.05) is 19.0 Å². The van der Waals surface area contributed by atoms with Crippen LogP contribution in [0.25, 0.3) is 0 Å². The van der Waals surface area contributed by atoms with E-state index in [1.165, 1.54) is 11.3 Å². The van der Waals surface area contributed by atoms with Crippen molar-refractivity contribution in [3.8, 4) is 0 Å². The van der Waals surface area contributed by atoms with Gasteiger partial charge < -0.3 is 10.2 Å². The van der Waals surface area contributed by atoms with Crippen LogP contribution in [0.1, 0.15) is 47.3 Å². The van der Waals surface area contributed by atoms with Crippen molar-refractivity contribution >= 4 is 11.6 Å². The molecule has 5 heteroatoms. The van der Waals surface area contributed by atoms with Crippen LogP contribution in [0.15, 0.2) is 30.5 Å². The van der Waals surface area contributed by atoms with E-state index >= 15 is 0 Å². The molecule has 0 aliphatic heterocycles. The van der Waals surface area contributed by atoms with Crippen molar-refractivity contribution < 1.29 is 4.79 Å². The van der Waals surface area contributed by atoms with E-state index in [0.717, 1.165) is 25.0 Å². The smallest absolute Gasteiger partial charge is 0.254 e. The zero-order valence-corrected chi connectivity index (χ0v) is 14.0. The lowest BCUT2D eigenvalue weighted by molar-refractivity contribution is 0.0939. The second-order valence-electron chi connectivity index (χ2n) is 6.61. The number of aromatic nitrogens is 2. The van der Waals surface area contributed by atoms with Gasteiger partial charge in [0.2, 0.25) is 0 Å². The lowest BCUT2D eigenvalue weighted by Gasteiger charge is -2.16. The molecule has 2 aromatic rings. The number of hydrogen-bond donors (Lipinski definition) is 2. The number of nitrogens with one attached hydrogen (secondary N) is 2. The summed E-state index contributed by atoms with van der Waals surface area (Å²) in [5, 5.41) is 10.1. The summed E-state index contributed by atoms with van der Waals surface area (Å²) < 4.78 is 0. The monoisotopic (exact) mass is 312 g/mol. The minimum atomic E-state index is -0.0296. The largest absolute Gasteiger partial charge is 0.378 e. The van der Waals surface area contributed by atoms with Gasteiger partial charge in [0.05, 0.1) is 17.5 Å². The predicted octanol–water partition coefficient (Wildman–Crippen LogP) is 2.71. The van der Waals surface area contributed by atoms with Crippen LogP contribution in [-0.4, -0.2) is 36.2 Å². The van der Waals surface area contributed by atoms with Crippen molar-refractivity contribution in [3.05, 3.63) is 47.3 Å². The molecule has 1 aliphatic rings. The summed E-state index contributed by atoms with van der Waals surface area (Å²) in [5.41, 5.74) is 4.09. The van der Waals surface area contributed by atoms with E-state index in [9.17, 15) is 4.79 Å². The number of aromatic amines is 1. The molecule has 3 rings (SSSR count). The average molecular weight is 312 g/mol. The number of carbonyl (C=O) groups excluding carboxylic acids is 1. The number of H-pyrrole nitrogens is 1. The quantitative estimate of drug-likeness (QED) is 0.862. The van der Waals surface area contributed by atoms with Gasteiger partial charge in [-0.05, 0) is 43.9 Å². The zero-order chi connectivity index (χ0) is 16.4. The maximum Gasteiger partial charge on any atom is 0.254 e. The maximum atomic E-state index is 12.4. The Morgan fingerprint density at radius 2 is 2.04 bits per heavy atom. The number of nitrogens with zero attached hydrogens (tertiary/aromatic N) is 2. The number of amides is 1. The molecule has 1 heterocycles. The van der Waals surface area contributed by atoms with Crippen molar-refractivity contribution in [3.63, 3.8) is 0 Å². The van der Waals surface area contributed by atoms with Gasteiger partial charge in [-0.25, -0.2) is 0 Å². The van der Waals surface area contributed by atoms with E-state index < -0.39 is 0 Å². The van der Waals surface area contributed by atoms with Gasteiger partial charge in [-0.3, -0.25) is 9.89 Å². The fourth-order valence-corrected chi connectivity index (χ4v) is 2.80. The van der Waals surface area contributed by atoms with E-state index in [1.807, 2.05) is 21.0 Å². The molecular weight excluding hydrogens is 288 g/mol. The molecule has 1 aromatic carbocycles. The molecule has 0 radical (unpaired) electrons. The Bertz CT molecular complexity index is 671. The first-order chi connectivity index (χ1) is 11.0. The maximum absolute atomic E-state index is 12.4. The Labute approximate surface area is 137 Å². The van der Waals surface area contributed by atoms with Crippen LogP contribution in [-0.2, 0) is 6.42 Å². The zero-order valence-electron chi connectivity index (χ0n) is 14.0. The van der Waals surface area contributed by atoms with Gasteiger partial charge in [0.1, 0.15) is 0 Å². The summed E-state index contributed by atoms with van der Waals surface area (Å²) in [4.78, 5) is 14.5. The highest BCUT2D eigenvalue weighted by atomic mass is 16.1. The highest BCUT2D eigenvalue weighted by Gasteiger charge is 2.30. The molecule has 0 spiro atoms. The molecule has 1 fully saturated rings. The summed E-state index contributed by atoms with van der Waals surface area (Å²) in [6.07, 6.45) is 4.75. The third kappa shape index (κ3) is 3.73. The van der Waals surface area contributed by atoms with Gasteiger partial charge in [0.25, 0.3) is 5.91 Å². The Morgan fingerprint density at radius 1 is 1.35 bits per heavy atom.